The topological polar surface area (TPSA) is 102 Å². The number of methoxy groups -OCH3 is 2. The van der Waals surface area contributed by atoms with Gasteiger partial charge in [-0.25, -0.2) is 0 Å². The molecule has 1 atom stereocenters. The number of amides is 1. The summed E-state index contributed by atoms with van der Waals surface area (Å²) in [6, 6.07) is 9.78. The van der Waals surface area contributed by atoms with E-state index in [0.29, 0.717) is 23.6 Å². The van der Waals surface area contributed by atoms with E-state index in [4.69, 9.17) is 18.6 Å². The van der Waals surface area contributed by atoms with Gasteiger partial charge in [-0.1, -0.05) is 37.0 Å². The van der Waals surface area contributed by atoms with Gasteiger partial charge in [0.15, 0.2) is 5.69 Å². The van der Waals surface area contributed by atoms with Gasteiger partial charge in [0.2, 0.25) is 23.6 Å². The van der Waals surface area contributed by atoms with Crippen molar-refractivity contribution in [2.24, 2.45) is 5.92 Å². The number of hydrogen-bond acceptors (Lipinski definition) is 9. The molecule has 1 amide bonds. The Morgan fingerprint density at radius 1 is 1.12 bits per heavy atom. The molecule has 3 aromatic rings. The van der Waals surface area contributed by atoms with Crippen LogP contribution in [-0.2, 0) is 11.2 Å². The van der Waals surface area contributed by atoms with Gasteiger partial charge >= 0.3 is 0 Å². The molecule has 4 rings (SSSR count). The molecule has 1 fully saturated rings. The molecule has 1 aliphatic heterocycles. The average Bonchev–Trinajstić information content (AvgIpc) is 3.53. The number of nitrogens with zero attached hydrogens (tertiary/aromatic N) is 4. The molecule has 1 unspecified atom stereocenters. The summed E-state index contributed by atoms with van der Waals surface area (Å²) in [7, 11) is 5.68. The van der Waals surface area contributed by atoms with E-state index in [1.807, 2.05) is 6.92 Å². The number of benzene rings is 1. The van der Waals surface area contributed by atoms with Crippen molar-refractivity contribution >= 4 is 30.8 Å². The van der Waals surface area contributed by atoms with E-state index in [1.54, 1.807) is 12.1 Å². The highest BCUT2D eigenvalue weighted by atomic mass is 28.3. The van der Waals surface area contributed by atoms with E-state index in [1.165, 1.54) is 19.4 Å². The molecule has 0 aliphatic carbocycles. The molecule has 1 N–H and O–H groups in total. The van der Waals surface area contributed by atoms with Crippen LogP contribution in [0.25, 0.3) is 0 Å². The van der Waals surface area contributed by atoms with E-state index in [2.05, 4.69) is 77.0 Å². The Morgan fingerprint density at radius 3 is 2.45 bits per heavy atom. The maximum absolute atomic E-state index is 13.0. The summed E-state index contributed by atoms with van der Waals surface area (Å²) in [6.07, 6.45) is 1.05. The second-order valence-corrected chi connectivity index (χ2v) is 16.6. The molecule has 1 saturated heterocycles. The van der Waals surface area contributed by atoms with Gasteiger partial charge in [-0.2, -0.15) is 9.97 Å². The number of hydrogen-bond donors (Lipinski definition) is 1. The lowest BCUT2D eigenvalue weighted by Crippen LogP contribution is -2.37. The van der Waals surface area contributed by atoms with Gasteiger partial charge in [0.25, 0.3) is 5.95 Å². The minimum atomic E-state index is -1.49. The first-order valence-corrected chi connectivity index (χ1v) is 17.0. The van der Waals surface area contributed by atoms with E-state index in [9.17, 15) is 4.79 Å². The molecule has 0 radical (unpaired) electrons. The molecule has 40 heavy (non-hydrogen) atoms. The van der Waals surface area contributed by atoms with Crippen LogP contribution < -0.4 is 29.6 Å². The summed E-state index contributed by atoms with van der Waals surface area (Å²) in [6.45, 7) is 11.6. The van der Waals surface area contributed by atoms with Crippen LogP contribution in [0.4, 0.5) is 11.6 Å². The lowest BCUT2D eigenvalue weighted by molar-refractivity contribution is -0.115. The number of carbonyl (C=O) groups is 1. The first-order chi connectivity index (χ1) is 19.0. The van der Waals surface area contributed by atoms with Crippen molar-refractivity contribution in [2.75, 3.05) is 58.2 Å². The first kappa shape index (κ1) is 29.4. The van der Waals surface area contributed by atoms with Gasteiger partial charge in [0.1, 0.15) is 11.5 Å². The summed E-state index contributed by atoms with van der Waals surface area (Å²) < 4.78 is 22.9. The molecular formula is C29H41N5O5Si. The predicted octanol–water partition coefficient (Wildman–Crippen LogP) is 4.30. The fourth-order valence-electron chi connectivity index (χ4n) is 4.77. The quantitative estimate of drug-likeness (QED) is 0.340. The van der Waals surface area contributed by atoms with Gasteiger partial charge < -0.3 is 33.7 Å². The Balaban J connectivity index is 1.44. The van der Waals surface area contributed by atoms with Crippen LogP contribution in [0.5, 0.6) is 23.5 Å². The van der Waals surface area contributed by atoms with E-state index >= 15 is 0 Å². The van der Waals surface area contributed by atoms with Crippen LogP contribution in [0.2, 0.25) is 19.6 Å². The van der Waals surface area contributed by atoms with Crippen LogP contribution in [0.15, 0.2) is 34.7 Å². The number of anilines is 2. The molecule has 3 heterocycles. The predicted molar refractivity (Wildman–Crippen MR) is 159 cm³/mol. The molecule has 11 heteroatoms. The zero-order valence-corrected chi connectivity index (χ0v) is 25.8. The minimum Gasteiger partial charge on any atom is -0.479 e. The Hall–Kier alpha value is -3.57. The number of nitrogens with one attached hydrogen (secondary N) is 1. The summed E-state index contributed by atoms with van der Waals surface area (Å²) in [5.74, 6) is 2.77. The third-order valence-corrected chi connectivity index (χ3v) is 8.95. The van der Waals surface area contributed by atoms with Gasteiger partial charge in [-0.3, -0.25) is 4.79 Å². The van der Waals surface area contributed by atoms with Crippen molar-refractivity contribution < 1.29 is 23.4 Å². The second-order valence-electron chi connectivity index (χ2n) is 11.6. The molecular weight excluding hydrogens is 526 g/mol. The molecule has 2 aromatic heterocycles. The molecule has 0 saturated carbocycles. The van der Waals surface area contributed by atoms with Crippen LogP contribution >= 0.6 is 0 Å². The molecule has 1 aromatic carbocycles. The number of aryl methyl sites for hydroxylation is 1. The van der Waals surface area contributed by atoms with Crippen molar-refractivity contribution in [2.45, 2.75) is 39.4 Å². The van der Waals surface area contributed by atoms with E-state index in [-0.39, 0.29) is 29.8 Å². The maximum Gasteiger partial charge on any atom is 0.290 e. The molecule has 216 valence electrons. The van der Waals surface area contributed by atoms with Crippen molar-refractivity contribution in [3.8, 4) is 23.5 Å². The van der Waals surface area contributed by atoms with Crippen molar-refractivity contribution in [3.63, 3.8) is 0 Å². The highest BCUT2D eigenvalue weighted by Crippen LogP contribution is 2.35. The van der Waals surface area contributed by atoms with Crippen LogP contribution in [0, 0.1) is 12.8 Å². The third-order valence-electron chi connectivity index (χ3n) is 6.91. The highest BCUT2D eigenvalue weighted by molar-refractivity contribution is 6.88. The minimum absolute atomic E-state index is 0.0102. The van der Waals surface area contributed by atoms with Gasteiger partial charge in [-0.15, -0.1) is 0 Å². The van der Waals surface area contributed by atoms with Gasteiger partial charge in [0.05, 0.1) is 28.7 Å². The first-order valence-electron chi connectivity index (χ1n) is 13.5. The molecule has 10 nitrogen and oxygen atoms in total. The fraction of sp³-hybridized carbons (Fsp3) is 0.483. The molecule has 0 spiro atoms. The standard InChI is InChI=1S/C29H41N5O5Si/c1-19-9-11-22(40(6,7)8)16-23(19)39-25-12-10-21(38-25)15-24(35)30-26-27(36-4)31-29(32-28(26)37-5)34-14-13-20(18-34)17-33(2)3/h9-12,16,20H,13-15,17-18H2,1-8H3,(H,30,35). The number of rotatable bonds is 11. The SMILES string of the molecule is COc1nc(N2CCC(CN(C)C)C2)nc(OC)c1NC(=O)Cc1ccc(Oc2cc([Si](C)(C)C)ccc2C)o1. The lowest BCUT2D eigenvalue weighted by Gasteiger charge is -2.20. The number of ether oxygens (including phenoxy) is 3. The zero-order chi connectivity index (χ0) is 29.0. The summed E-state index contributed by atoms with van der Waals surface area (Å²) in [4.78, 5) is 26.5. The number of aromatic nitrogens is 2. The number of furan rings is 1. The fourth-order valence-corrected chi connectivity index (χ4v) is 5.92. The lowest BCUT2D eigenvalue weighted by atomic mass is 10.1. The summed E-state index contributed by atoms with van der Waals surface area (Å²) in [5.41, 5.74) is 1.30. The van der Waals surface area contributed by atoms with Crippen LogP contribution in [0.3, 0.4) is 0 Å². The Labute approximate surface area is 237 Å². The van der Waals surface area contributed by atoms with Crippen LogP contribution in [0.1, 0.15) is 17.7 Å². The molecule has 0 bridgehead atoms. The normalized spacial score (nSPS) is 15.4. The van der Waals surface area contributed by atoms with E-state index < -0.39 is 8.07 Å². The number of carbonyl (C=O) groups excluding carboxylic acids is 1. The Bertz CT molecular complexity index is 1310. The van der Waals surface area contributed by atoms with Crippen molar-refractivity contribution in [1.29, 1.82) is 0 Å². The van der Waals surface area contributed by atoms with Crippen LogP contribution in [-0.4, -0.2) is 76.8 Å². The Morgan fingerprint density at radius 2 is 1.82 bits per heavy atom. The summed E-state index contributed by atoms with van der Waals surface area (Å²) in [5, 5.41) is 4.14. The van der Waals surface area contributed by atoms with E-state index in [0.717, 1.165) is 37.4 Å². The van der Waals surface area contributed by atoms with Gasteiger partial charge in [0, 0.05) is 25.7 Å². The highest BCUT2D eigenvalue weighted by Gasteiger charge is 2.28. The second kappa shape index (κ2) is 12.3. The summed E-state index contributed by atoms with van der Waals surface area (Å²) >= 11 is 0. The van der Waals surface area contributed by atoms with Gasteiger partial charge in [-0.05, 0) is 51.1 Å². The average molecular weight is 568 g/mol. The zero-order valence-electron chi connectivity index (χ0n) is 24.8. The maximum atomic E-state index is 13.0. The van der Waals surface area contributed by atoms with Crippen molar-refractivity contribution in [1.82, 2.24) is 14.9 Å². The third kappa shape index (κ3) is 7.13. The largest absolute Gasteiger partial charge is 0.479 e. The Kier molecular flexibility index (Phi) is 9.04. The molecule has 1 aliphatic rings. The smallest absolute Gasteiger partial charge is 0.290 e. The van der Waals surface area contributed by atoms with Crippen molar-refractivity contribution in [3.05, 3.63) is 41.7 Å². The monoisotopic (exact) mass is 567 g/mol.